The largest absolute Gasteiger partial charge is 0.461 e. The minimum atomic E-state index is -0.560. The molecule has 0 aromatic carbocycles. The number of aliphatic hydroxyl groups excluding tert-OH is 1. The van der Waals surface area contributed by atoms with Gasteiger partial charge in [0.1, 0.15) is 6.10 Å². The van der Waals surface area contributed by atoms with Gasteiger partial charge in [0.05, 0.1) is 12.5 Å². The number of rotatable bonds is 1. The minimum absolute atomic E-state index is 0.108. The molecule has 4 heteroatoms. The van der Waals surface area contributed by atoms with Crippen LogP contribution in [-0.2, 0) is 9.53 Å². The Morgan fingerprint density at radius 2 is 2.50 bits per heavy atom. The quantitative estimate of drug-likeness (QED) is 0.465. The molecule has 0 aliphatic carbocycles. The third kappa shape index (κ3) is 1.68. The van der Waals surface area contributed by atoms with Crippen molar-refractivity contribution in [3.8, 4) is 0 Å². The Balaban J connectivity index is 2.42. The van der Waals surface area contributed by atoms with Gasteiger partial charge in [-0.3, -0.25) is 4.79 Å². The molecule has 0 amide bonds. The second-order valence-electron chi connectivity index (χ2n) is 2.44. The van der Waals surface area contributed by atoms with Crippen molar-refractivity contribution in [1.82, 2.24) is 0 Å². The fourth-order valence-electron chi connectivity index (χ4n) is 1.01. The first-order valence-corrected chi connectivity index (χ1v) is 3.30. The first kappa shape index (κ1) is 7.50. The van der Waals surface area contributed by atoms with E-state index in [1.165, 1.54) is 0 Å². The number of aliphatic hydroxyl groups is 1. The highest BCUT2D eigenvalue weighted by Gasteiger charge is 2.25. The molecule has 10 heavy (non-hydrogen) atoms. The van der Waals surface area contributed by atoms with E-state index in [4.69, 9.17) is 15.6 Å². The highest BCUT2D eigenvalue weighted by atomic mass is 16.5. The molecule has 1 aliphatic heterocycles. The lowest BCUT2D eigenvalue weighted by molar-refractivity contribution is -0.159. The number of cyclic esters (lactones) is 1. The van der Waals surface area contributed by atoms with Gasteiger partial charge in [-0.25, -0.2) is 0 Å². The van der Waals surface area contributed by atoms with Gasteiger partial charge in [-0.2, -0.15) is 0 Å². The van der Waals surface area contributed by atoms with E-state index in [0.717, 1.165) is 0 Å². The maximum atomic E-state index is 10.6. The van der Waals surface area contributed by atoms with Crippen LogP contribution in [0.5, 0.6) is 0 Å². The minimum Gasteiger partial charge on any atom is -0.461 e. The summed E-state index contributed by atoms with van der Waals surface area (Å²) < 4.78 is 4.78. The Bertz CT molecular complexity index is 137. The number of hydrogen-bond donors (Lipinski definition) is 2. The van der Waals surface area contributed by atoms with Crippen LogP contribution in [0.25, 0.3) is 0 Å². The fraction of sp³-hybridized carbons (Fsp3) is 0.833. The average molecular weight is 145 g/mol. The number of nitrogens with two attached hydrogens (primary N) is 1. The summed E-state index contributed by atoms with van der Waals surface area (Å²) in [6.07, 6.45) is -0.260. The maximum absolute atomic E-state index is 10.6. The summed E-state index contributed by atoms with van der Waals surface area (Å²) in [6, 6.07) is 0. The van der Waals surface area contributed by atoms with Crippen molar-refractivity contribution < 1.29 is 14.6 Å². The zero-order valence-electron chi connectivity index (χ0n) is 5.62. The molecular formula is C6H11NO3. The van der Waals surface area contributed by atoms with E-state index in [9.17, 15) is 4.79 Å². The zero-order valence-corrected chi connectivity index (χ0v) is 5.62. The molecule has 2 unspecified atom stereocenters. The van der Waals surface area contributed by atoms with Gasteiger partial charge >= 0.3 is 5.97 Å². The Morgan fingerprint density at radius 3 is 3.00 bits per heavy atom. The van der Waals surface area contributed by atoms with Crippen molar-refractivity contribution in [3.05, 3.63) is 0 Å². The molecule has 1 heterocycles. The topological polar surface area (TPSA) is 72.5 Å². The molecule has 3 N–H and O–H groups in total. The fourth-order valence-corrected chi connectivity index (χ4v) is 1.01. The molecule has 0 radical (unpaired) electrons. The number of carbonyl (C=O) groups is 1. The molecule has 2 atom stereocenters. The summed E-state index contributed by atoms with van der Waals surface area (Å²) in [4.78, 5) is 10.6. The van der Waals surface area contributed by atoms with Gasteiger partial charge in [0.25, 0.3) is 0 Å². The van der Waals surface area contributed by atoms with Crippen molar-refractivity contribution in [2.24, 2.45) is 5.73 Å². The summed E-state index contributed by atoms with van der Waals surface area (Å²) >= 11 is 0. The van der Waals surface area contributed by atoms with E-state index in [2.05, 4.69) is 0 Å². The molecule has 1 rings (SSSR count). The predicted octanol–water partition coefficient (Wildman–Crippen LogP) is -0.988. The average Bonchev–Trinajstić information content (AvgIpc) is 1.85. The van der Waals surface area contributed by atoms with Crippen molar-refractivity contribution in [2.75, 3.05) is 6.54 Å². The summed E-state index contributed by atoms with van der Waals surface area (Å²) in [5.41, 5.74) is 5.24. The molecule has 1 fully saturated rings. The molecule has 4 nitrogen and oxygen atoms in total. The van der Waals surface area contributed by atoms with Crippen LogP contribution in [0.1, 0.15) is 12.8 Å². The summed E-state index contributed by atoms with van der Waals surface area (Å²) in [5.74, 6) is -0.353. The standard InChI is InChI=1S/C6H11NO3/c7-3-5-1-4(8)2-6(9)10-5/h4-5,8H,1-3,7H2. The van der Waals surface area contributed by atoms with Gasteiger partial charge < -0.3 is 15.6 Å². The van der Waals surface area contributed by atoms with Crippen LogP contribution in [0, 0.1) is 0 Å². The van der Waals surface area contributed by atoms with Gasteiger partial charge in [0, 0.05) is 13.0 Å². The Hall–Kier alpha value is -0.610. The van der Waals surface area contributed by atoms with Gasteiger partial charge in [0.15, 0.2) is 0 Å². The van der Waals surface area contributed by atoms with Crippen LogP contribution in [0.4, 0.5) is 0 Å². The number of hydrogen-bond acceptors (Lipinski definition) is 4. The molecule has 0 aromatic rings. The highest BCUT2D eigenvalue weighted by molar-refractivity contribution is 5.70. The van der Waals surface area contributed by atoms with Crippen LogP contribution in [0.2, 0.25) is 0 Å². The second-order valence-corrected chi connectivity index (χ2v) is 2.44. The van der Waals surface area contributed by atoms with E-state index in [-0.39, 0.29) is 18.5 Å². The van der Waals surface area contributed by atoms with E-state index < -0.39 is 6.10 Å². The summed E-state index contributed by atoms with van der Waals surface area (Å²) in [5, 5.41) is 9.02. The molecule has 1 saturated heterocycles. The SMILES string of the molecule is NCC1CC(O)CC(=O)O1. The van der Waals surface area contributed by atoms with Gasteiger partial charge in [-0.05, 0) is 0 Å². The Kier molecular flexibility index (Phi) is 2.24. The second kappa shape index (κ2) is 2.98. The van der Waals surface area contributed by atoms with E-state index in [1.807, 2.05) is 0 Å². The van der Waals surface area contributed by atoms with Crippen molar-refractivity contribution in [2.45, 2.75) is 25.0 Å². The lowest BCUT2D eigenvalue weighted by atomic mass is 10.1. The Labute approximate surface area is 59.0 Å². The van der Waals surface area contributed by atoms with Crippen LogP contribution in [0.3, 0.4) is 0 Å². The zero-order chi connectivity index (χ0) is 7.56. The first-order chi connectivity index (χ1) is 4.72. The van der Waals surface area contributed by atoms with Crippen LogP contribution >= 0.6 is 0 Å². The molecule has 0 saturated carbocycles. The summed E-state index contributed by atoms with van der Waals surface area (Å²) in [7, 11) is 0. The maximum Gasteiger partial charge on any atom is 0.308 e. The highest BCUT2D eigenvalue weighted by Crippen LogP contribution is 2.13. The van der Waals surface area contributed by atoms with Crippen LogP contribution in [0.15, 0.2) is 0 Å². The van der Waals surface area contributed by atoms with Gasteiger partial charge in [-0.1, -0.05) is 0 Å². The van der Waals surface area contributed by atoms with Crippen LogP contribution < -0.4 is 5.73 Å². The lowest BCUT2D eigenvalue weighted by Gasteiger charge is -2.24. The van der Waals surface area contributed by atoms with E-state index in [1.54, 1.807) is 0 Å². The van der Waals surface area contributed by atoms with Crippen LogP contribution in [-0.4, -0.2) is 29.8 Å². The molecule has 0 spiro atoms. The normalized spacial score (nSPS) is 33.6. The van der Waals surface area contributed by atoms with Crippen molar-refractivity contribution in [3.63, 3.8) is 0 Å². The predicted molar refractivity (Wildman–Crippen MR) is 34.2 cm³/mol. The van der Waals surface area contributed by atoms with Crippen molar-refractivity contribution in [1.29, 1.82) is 0 Å². The smallest absolute Gasteiger partial charge is 0.308 e. The number of carbonyl (C=O) groups excluding carboxylic acids is 1. The molecule has 0 aromatic heterocycles. The third-order valence-corrected chi connectivity index (χ3v) is 1.50. The number of ether oxygens (including phenoxy) is 1. The van der Waals surface area contributed by atoms with Gasteiger partial charge in [0.2, 0.25) is 0 Å². The first-order valence-electron chi connectivity index (χ1n) is 3.30. The molecular weight excluding hydrogens is 134 g/mol. The van der Waals surface area contributed by atoms with E-state index >= 15 is 0 Å². The van der Waals surface area contributed by atoms with Gasteiger partial charge in [-0.15, -0.1) is 0 Å². The molecule has 0 bridgehead atoms. The Morgan fingerprint density at radius 1 is 1.80 bits per heavy atom. The molecule has 1 aliphatic rings. The molecule has 58 valence electrons. The van der Waals surface area contributed by atoms with Crippen molar-refractivity contribution >= 4 is 5.97 Å². The monoisotopic (exact) mass is 145 g/mol. The number of esters is 1. The third-order valence-electron chi connectivity index (χ3n) is 1.50. The lowest BCUT2D eigenvalue weighted by Crippen LogP contribution is -2.37. The summed E-state index contributed by atoms with van der Waals surface area (Å²) in [6.45, 7) is 0.294. The van der Waals surface area contributed by atoms with E-state index in [0.29, 0.717) is 13.0 Å².